The first-order valence-electron chi connectivity index (χ1n) is 5.48. The highest BCUT2D eigenvalue weighted by Gasteiger charge is 2.37. The van der Waals surface area contributed by atoms with E-state index in [9.17, 15) is 0 Å². The summed E-state index contributed by atoms with van der Waals surface area (Å²) in [7, 11) is 0. The fraction of sp³-hybridized carbons (Fsp3) is 0.667. The molecule has 1 aliphatic carbocycles. The van der Waals surface area contributed by atoms with Crippen molar-refractivity contribution in [2.75, 3.05) is 0 Å². The van der Waals surface area contributed by atoms with Crippen LogP contribution in [0.25, 0.3) is 0 Å². The van der Waals surface area contributed by atoms with Crippen molar-refractivity contribution in [1.29, 1.82) is 0 Å². The van der Waals surface area contributed by atoms with Crippen LogP contribution in [0.4, 0.5) is 0 Å². The molecule has 1 nitrogen and oxygen atoms in total. The van der Waals surface area contributed by atoms with Gasteiger partial charge in [0.2, 0.25) is 0 Å². The third-order valence-corrected chi connectivity index (χ3v) is 4.56. The fourth-order valence-corrected chi connectivity index (χ4v) is 3.43. The summed E-state index contributed by atoms with van der Waals surface area (Å²) in [6.45, 7) is 4.49. The maximum atomic E-state index is 6.58. The van der Waals surface area contributed by atoms with Crippen LogP contribution in [0, 0.1) is 12.8 Å². The zero-order valence-electron chi connectivity index (χ0n) is 9.05. The Morgan fingerprint density at radius 2 is 2.29 bits per heavy atom. The van der Waals surface area contributed by atoms with Gasteiger partial charge in [0.25, 0.3) is 0 Å². The number of rotatable bonds is 1. The first-order chi connectivity index (χ1) is 6.64. The molecule has 78 valence electrons. The molecule has 14 heavy (non-hydrogen) atoms. The monoisotopic (exact) mass is 209 g/mol. The minimum absolute atomic E-state index is 0.0394. The van der Waals surface area contributed by atoms with Gasteiger partial charge in [-0.05, 0) is 42.7 Å². The first-order valence-corrected chi connectivity index (χ1v) is 6.36. The molecule has 2 rings (SSSR count). The van der Waals surface area contributed by atoms with Gasteiger partial charge in [-0.2, -0.15) is 0 Å². The van der Waals surface area contributed by atoms with Crippen molar-refractivity contribution in [2.45, 2.75) is 45.1 Å². The second-order valence-corrected chi connectivity index (χ2v) is 5.70. The third-order valence-electron chi connectivity index (χ3n) is 3.72. The van der Waals surface area contributed by atoms with E-state index in [4.69, 9.17) is 5.73 Å². The zero-order chi connectivity index (χ0) is 10.2. The van der Waals surface area contributed by atoms with Crippen molar-refractivity contribution >= 4 is 11.3 Å². The van der Waals surface area contributed by atoms with E-state index in [0.29, 0.717) is 5.92 Å². The van der Waals surface area contributed by atoms with Crippen LogP contribution in [-0.2, 0) is 5.54 Å². The van der Waals surface area contributed by atoms with Gasteiger partial charge in [0, 0.05) is 10.4 Å². The zero-order valence-corrected chi connectivity index (χ0v) is 9.86. The average molecular weight is 209 g/mol. The van der Waals surface area contributed by atoms with E-state index in [2.05, 4.69) is 25.3 Å². The van der Waals surface area contributed by atoms with Crippen LogP contribution in [0.1, 0.15) is 43.0 Å². The number of aryl methyl sites for hydroxylation is 1. The molecule has 0 radical (unpaired) electrons. The number of hydrogen-bond acceptors (Lipinski definition) is 2. The lowest BCUT2D eigenvalue weighted by Gasteiger charge is -2.40. The largest absolute Gasteiger partial charge is 0.321 e. The van der Waals surface area contributed by atoms with Crippen molar-refractivity contribution in [3.8, 4) is 0 Å². The van der Waals surface area contributed by atoms with Crippen molar-refractivity contribution in [3.63, 3.8) is 0 Å². The van der Waals surface area contributed by atoms with Crippen LogP contribution in [0.5, 0.6) is 0 Å². The van der Waals surface area contributed by atoms with E-state index in [1.54, 1.807) is 0 Å². The second-order valence-electron chi connectivity index (χ2n) is 4.58. The maximum absolute atomic E-state index is 6.58. The normalized spacial score (nSPS) is 33.2. The van der Waals surface area contributed by atoms with E-state index < -0.39 is 0 Å². The number of nitrogens with two attached hydrogens (primary N) is 1. The molecule has 0 amide bonds. The van der Waals surface area contributed by atoms with Gasteiger partial charge < -0.3 is 5.73 Å². The SMILES string of the molecule is Cc1sccc1C1(N)CCCCC1C. The number of hydrogen-bond donors (Lipinski definition) is 1. The molecule has 1 aromatic rings. The van der Waals surface area contributed by atoms with Crippen molar-refractivity contribution in [1.82, 2.24) is 0 Å². The Labute approximate surface area is 90.3 Å². The van der Waals surface area contributed by atoms with Gasteiger partial charge in [-0.3, -0.25) is 0 Å². The highest BCUT2D eigenvalue weighted by molar-refractivity contribution is 7.10. The summed E-state index contributed by atoms with van der Waals surface area (Å²) in [5.74, 6) is 0.629. The Balaban J connectivity index is 2.34. The van der Waals surface area contributed by atoms with Gasteiger partial charge in [-0.15, -0.1) is 11.3 Å². The minimum Gasteiger partial charge on any atom is -0.321 e. The van der Waals surface area contributed by atoms with E-state index in [0.717, 1.165) is 6.42 Å². The summed E-state index contributed by atoms with van der Waals surface area (Å²) in [4.78, 5) is 1.40. The Bertz CT molecular complexity index is 318. The summed E-state index contributed by atoms with van der Waals surface area (Å²) in [6.07, 6.45) is 5.08. The van der Waals surface area contributed by atoms with E-state index >= 15 is 0 Å². The highest BCUT2D eigenvalue weighted by atomic mass is 32.1. The molecule has 2 heteroatoms. The topological polar surface area (TPSA) is 26.0 Å². The molecule has 1 saturated carbocycles. The molecule has 2 unspecified atom stereocenters. The molecule has 0 spiro atoms. The lowest BCUT2D eigenvalue weighted by Crippen LogP contribution is -2.45. The van der Waals surface area contributed by atoms with Crippen molar-refractivity contribution < 1.29 is 0 Å². The molecule has 2 N–H and O–H groups in total. The van der Waals surface area contributed by atoms with Crippen LogP contribution in [0.3, 0.4) is 0 Å². The molecule has 0 bridgehead atoms. The van der Waals surface area contributed by atoms with Crippen LogP contribution in [0.15, 0.2) is 11.4 Å². The molecule has 2 atom stereocenters. The summed E-state index contributed by atoms with van der Waals surface area (Å²) in [5.41, 5.74) is 7.93. The smallest absolute Gasteiger partial charge is 0.0446 e. The first kappa shape index (κ1) is 10.2. The predicted octanol–water partition coefficient (Wildman–Crippen LogP) is 3.42. The number of thiophene rings is 1. The van der Waals surface area contributed by atoms with Crippen LogP contribution >= 0.6 is 11.3 Å². The molecule has 1 aromatic heterocycles. The molecule has 0 saturated heterocycles. The summed E-state index contributed by atoms with van der Waals surface area (Å²) in [6, 6.07) is 2.22. The highest BCUT2D eigenvalue weighted by Crippen LogP contribution is 2.41. The maximum Gasteiger partial charge on any atom is 0.0446 e. The standard InChI is InChI=1S/C12H19NS/c1-9-5-3-4-7-12(9,13)11-6-8-14-10(11)2/h6,8-9H,3-5,7,13H2,1-2H3. The fourth-order valence-electron chi connectivity index (χ4n) is 2.64. The van der Waals surface area contributed by atoms with Gasteiger partial charge in [0.15, 0.2) is 0 Å². The van der Waals surface area contributed by atoms with Gasteiger partial charge in [-0.25, -0.2) is 0 Å². The van der Waals surface area contributed by atoms with Crippen LogP contribution < -0.4 is 5.73 Å². The summed E-state index contributed by atoms with van der Waals surface area (Å²) < 4.78 is 0. The minimum atomic E-state index is -0.0394. The lowest BCUT2D eigenvalue weighted by molar-refractivity contribution is 0.206. The van der Waals surface area contributed by atoms with Crippen LogP contribution in [0.2, 0.25) is 0 Å². The van der Waals surface area contributed by atoms with E-state index in [-0.39, 0.29) is 5.54 Å². The van der Waals surface area contributed by atoms with Gasteiger partial charge in [0.1, 0.15) is 0 Å². The Morgan fingerprint density at radius 1 is 1.50 bits per heavy atom. The molecule has 1 aliphatic rings. The molecular formula is C12H19NS. The van der Waals surface area contributed by atoms with Gasteiger partial charge >= 0.3 is 0 Å². The molecule has 0 aromatic carbocycles. The average Bonchev–Trinajstić information content (AvgIpc) is 2.57. The van der Waals surface area contributed by atoms with Gasteiger partial charge in [-0.1, -0.05) is 19.8 Å². The van der Waals surface area contributed by atoms with Crippen LogP contribution in [-0.4, -0.2) is 0 Å². The van der Waals surface area contributed by atoms with Crippen molar-refractivity contribution in [3.05, 3.63) is 21.9 Å². The molecule has 1 fully saturated rings. The summed E-state index contributed by atoms with van der Waals surface area (Å²) >= 11 is 1.82. The van der Waals surface area contributed by atoms with Crippen molar-refractivity contribution in [2.24, 2.45) is 11.7 Å². The van der Waals surface area contributed by atoms with E-state index in [1.165, 1.54) is 29.7 Å². The lowest BCUT2D eigenvalue weighted by atomic mass is 9.70. The molecular weight excluding hydrogens is 190 g/mol. The van der Waals surface area contributed by atoms with E-state index in [1.807, 2.05) is 11.3 Å². The predicted molar refractivity (Wildman–Crippen MR) is 62.6 cm³/mol. The molecule has 1 heterocycles. The quantitative estimate of drug-likeness (QED) is 0.753. The second kappa shape index (κ2) is 3.67. The third kappa shape index (κ3) is 1.51. The molecule has 0 aliphatic heterocycles. The Hall–Kier alpha value is -0.340. The summed E-state index contributed by atoms with van der Waals surface area (Å²) in [5, 5.41) is 2.17. The van der Waals surface area contributed by atoms with Gasteiger partial charge in [0.05, 0.1) is 0 Å². The Morgan fingerprint density at radius 3 is 2.86 bits per heavy atom. The Kier molecular flexibility index (Phi) is 2.67.